The van der Waals surface area contributed by atoms with E-state index in [0.29, 0.717) is 23.6 Å². The van der Waals surface area contributed by atoms with Gasteiger partial charge in [0.05, 0.1) is 5.75 Å². The molecule has 0 aliphatic rings. The molecule has 0 heterocycles. The van der Waals surface area contributed by atoms with Gasteiger partial charge in [0.15, 0.2) is 0 Å². The zero-order valence-corrected chi connectivity index (χ0v) is 12.0. The van der Waals surface area contributed by atoms with Crippen molar-refractivity contribution in [2.45, 2.75) is 19.4 Å². The number of hydrogen-bond donors (Lipinski definition) is 1. The molecule has 0 amide bonds. The summed E-state index contributed by atoms with van der Waals surface area (Å²) in [5.41, 5.74) is 0.415. The molecule has 1 rings (SSSR count). The van der Waals surface area contributed by atoms with Crippen LogP contribution in [0.15, 0.2) is 18.2 Å². The molecule has 102 valence electrons. The zero-order valence-electron chi connectivity index (χ0n) is 10.4. The Morgan fingerprint density at radius 1 is 1.44 bits per heavy atom. The van der Waals surface area contributed by atoms with E-state index in [2.05, 4.69) is 5.32 Å². The fourth-order valence-electron chi connectivity index (χ4n) is 1.68. The summed E-state index contributed by atoms with van der Waals surface area (Å²) in [6.45, 7) is 2.30. The lowest BCUT2D eigenvalue weighted by molar-refractivity contribution is 0.525. The van der Waals surface area contributed by atoms with Crippen LogP contribution in [0.25, 0.3) is 0 Å². The van der Waals surface area contributed by atoms with E-state index in [4.69, 9.17) is 11.6 Å². The average molecular weight is 294 g/mol. The Hall–Kier alpha value is -0.650. The molecule has 0 spiro atoms. The van der Waals surface area contributed by atoms with Crippen LogP contribution in [0.5, 0.6) is 0 Å². The largest absolute Gasteiger partial charge is 0.310 e. The molecule has 1 atom stereocenters. The van der Waals surface area contributed by atoms with Crippen LogP contribution < -0.4 is 5.32 Å². The van der Waals surface area contributed by atoms with Gasteiger partial charge in [-0.25, -0.2) is 12.8 Å². The molecule has 3 nitrogen and oxygen atoms in total. The molecular weight excluding hydrogens is 277 g/mol. The molecule has 0 aliphatic heterocycles. The van der Waals surface area contributed by atoms with E-state index in [1.807, 2.05) is 0 Å². The summed E-state index contributed by atoms with van der Waals surface area (Å²) >= 11 is 5.93. The van der Waals surface area contributed by atoms with Gasteiger partial charge in [0, 0.05) is 22.9 Å². The molecular formula is C12H17ClFNO2S. The molecule has 18 heavy (non-hydrogen) atoms. The predicted octanol–water partition coefficient (Wildman–Crippen LogP) is 2.56. The van der Waals surface area contributed by atoms with Gasteiger partial charge >= 0.3 is 0 Å². The Morgan fingerprint density at radius 3 is 2.67 bits per heavy atom. The van der Waals surface area contributed by atoms with Crippen LogP contribution in [0, 0.1) is 5.82 Å². The molecule has 1 N–H and O–H groups in total. The summed E-state index contributed by atoms with van der Waals surface area (Å²) in [5, 5.41) is 3.44. The van der Waals surface area contributed by atoms with Gasteiger partial charge in [-0.2, -0.15) is 0 Å². The van der Waals surface area contributed by atoms with Crippen LogP contribution >= 0.6 is 11.6 Å². The first-order chi connectivity index (χ1) is 8.31. The first-order valence-electron chi connectivity index (χ1n) is 5.66. The van der Waals surface area contributed by atoms with E-state index < -0.39 is 9.84 Å². The first-order valence-corrected chi connectivity index (χ1v) is 8.10. The van der Waals surface area contributed by atoms with Gasteiger partial charge < -0.3 is 5.32 Å². The van der Waals surface area contributed by atoms with Gasteiger partial charge in [0.2, 0.25) is 0 Å². The lowest BCUT2D eigenvalue weighted by atomic mass is 10.1. The van der Waals surface area contributed by atoms with Gasteiger partial charge in [-0.05, 0) is 32.0 Å². The van der Waals surface area contributed by atoms with Crippen LogP contribution in [0.1, 0.15) is 24.9 Å². The minimum absolute atomic E-state index is 0.123. The number of hydrogen-bond acceptors (Lipinski definition) is 3. The molecule has 0 bridgehead atoms. The second kappa shape index (κ2) is 6.50. The number of halogens is 2. The topological polar surface area (TPSA) is 46.2 Å². The van der Waals surface area contributed by atoms with Crippen LogP contribution in [0.2, 0.25) is 5.02 Å². The van der Waals surface area contributed by atoms with Crippen molar-refractivity contribution in [2.75, 3.05) is 18.6 Å². The molecule has 1 aromatic rings. The van der Waals surface area contributed by atoms with Gasteiger partial charge in [0.1, 0.15) is 15.7 Å². The summed E-state index contributed by atoms with van der Waals surface area (Å²) < 4.78 is 35.5. The van der Waals surface area contributed by atoms with E-state index >= 15 is 0 Å². The van der Waals surface area contributed by atoms with Crippen molar-refractivity contribution >= 4 is 21.4 Å². The summed E-state index contributed by atoms with van der Waals surface area (Å²) in [5.74, 6) is -0.233. The Labute approximate surface area is 112 Å². The summed E-state index contributed by atoms with van der Waals surface area (Å²) in [7, 11) is -2.94. The average Bonchev–Trinajstić information content (AvgIpc) is 2.23. The van der Waals surface area contributed by atoms with Crippen molar-refractivity contribution in [2.24, 2.45) is 0 Å². The molecule has 0 saturated carbocycles. The third kappa shape index (κ3) is 4.92. The number of benzene rings is 1. The van der Waals surface area contributed by atoms with Gasteiger partial charge in [-0.1, -0.05) is 17.7 Å². The highest BCUT2D eigenvalue weighted by molar-refractivity contribution is 7.90. The molecule has 0 aromatic heterocycles. The highest BCUT2D eigenvalue weighted by atomic mass is 35.5. The summed E-state index contributed by atoms with van der Waals surface area (Å²) in [4.78, 5) is 0. The van der Waals surface area contributed by atoms with E-state index in [1.165, 1.54) is 12.3 Å². The third-order valence-electron chi connectivity index (χ3n) is 2.58. The Kier molecular flexibility index (Phi) is 5.56. The Balaban J connectivity index is 2.53. The molecule has 1 aromatic carbocycles. The first kappa shape index (κ1) is 15.4. The predicted molar refractivity (Wildman–Crippen MR) is 72.2 cm³/mol. The maximum Gasteiger partial charge on any atom is 0.147 e. The van der Waals surface area contributed by atoms with E-state index in [-0.39, 0.29) is 17.6 Å². The van der Waals surface area contributed by atoms with Crippen LogP contribution in [0.3, 0.4) is 0 Å². The number of rotatable bonds is 6. The summed E-state index contributed by atoms with van der Waals surface area (Å²) in [6, 6.07) is 4.29. The highest BCUT2D eigenvalue weighted by Crippen LogP contribution is 2.25. The monoisotopic (exact) mass is 293 g/mol. The minimum atomic E-state index is -2.94. The quantitative estimate of drug-likeness (QED) is 0.820. The molecule has 0 unspecified atom stereocenters. The standard InChI is InChI=1S/C12H17ClFNO2S/c1-9(15-7-4-8-18(2,16)17)12-10(13)5-3-6-11(12)14/h3,5-6,9,15H,4,7-8H2,1-2H3/t9-/m1/s1. The Morgan fingerprint density at radius 2 is 2.11 bits per heavy atom. The van der Waals surface area contributed by atoms with Crippen molar-refractivity contribution in [3.8, 4) is 0 Å². The maximum absolute atomic E-state index is 13.6. The van der Waals surface area contributed by atoms with Crippen molar-refractivity contribution in [1.82, 2.24) is 5.32 Å². The smallest absolute Gasteiger partial charge is 0.147 e. The lowest BCUT2D eigenvalue weighted by Crippen LogP contribution is -2.23. The van der Waals surface area contributed by atoms with Gasteiger partial charge in [0.25, 0.3) is 0 Å². The molecule has 0 fully saturated rings. The minimum Gasteiger partial charge on any atom is -0.310 e. The van der Waals surface area contributed by atoms with E-state index in [1.54, 1.807) is 19.1 Å². The van der Waals surface area contributed by atoms with Crippen molar-refractivity contribution in [3.63, 3.8) is 0 Å². The number of sulfone groups is 1. The molecule has 6 heteroatoms. The van der Waals surface area contributed by atoms with Crippen LogP contribution in [0.4, 0.5) is 4.39 Å². The fraction of sp³-hybridized carbons (Fsp3) is 0.500. The van der Waals surface area contributed by atoms with Gasteiger partial charge in [-0.15, -0.1) is 0 Å². The maximum atomic E-state index is 13.6. The second-order valence-electron chi connectivity index (χ2n) is 4.29. The summed E-state index contributed by atoms with van der Waals surface area (Å²) in [6.07, 6.45) is 1.69. The van der Waals surface area contributed by atoms with Crippen molar-refractivity contribution in [1.29, 1.82) is 0 Å². The fourth-order valence-corrected chi connectivity index (χ4v) is 2.67. The Bertz CT molecular complexity index is 485. The zero-order chi connectivity index (χ0) is 13.8. The van der Waals surface area contributed by atoms with Crippen LogP contribution in [-0.4, -0.2) is 27.0 Å². The molecule has 0 aliphatic carbocycles. The SMILES string of the molecule is C[C@@H](NCCCS(C)(=O)=O)c1c(F)cccc1Cl. The normalized spacial score (nSPS) is 13.6. The van der Waals surface area contributed by atoms with E-state index in [9.17, 15) is 12.8 Å². The lowest BCUT2D eigenvalue weighted by Gasteiger charge is -2.16. The molecule has 0 saturated heterocycles. The van der Waals surface area contributed by atoms with Crippen molar-refractivity contribution in [3.05, 3.63) is 34.6 Å². The highest BCUT2D eigenvalue weighted by Gasteiger charge is 2.14. The number of nitrogens with one attached hydrogen (secondary N) is 1. The van der Waals surface area contributed by atoms with Gasteiger partial charge in [-0.3, -0.25) is 0 Å². The molecule has 0 radical (unpaired) electrons. The third-order valence-corrected chi connectivity index (χ3v) is 3.93. The van der Waals surface area contributed by atoms with Crippen LogP contribution in [-0.2, 0) is 9.84 Å². The van der Waals surface area contributed by atoms with Crippen molar-refractivity contribution < 1.29 is 12.8 Å². The second-order valence-corrected chi connectivity index (χ2v) is 6.96. The van der Waals surface area contributed by atoms with E-state index in [0.717, 1.165) is 0 Å².